The van der Waals surface area contributed by atoms with Gasteiger partial charge in [0.2, 0.25) is 0 Å². The third-order valence-corrected chi connectivity index (χ3v) is 3.09. The van der Waals surface area contributed by atoms with Crippen LogP contribution in [0.1, 0.15) is 12.8 Å². The lowest BCUT2D eigenvalue weighted by Gasteiger charge is -2.18. The lowest BCUT2D eigenvalue weighted by Crippen LogP contribution is -2.42. The van der Waals surface area contributed by atoms with Gasteiger partial charge in [-0.3, -0.25) is 9.63 Å². The molecule has 0 aromatic rings. The Morgan fingerprint density at radius 3 is 2.73 bits per heavy atom. The van der Waals surface area contributed by atoms with Gasteiger partial charge in [0.15, 0.2) is 0 Å². The van der Waals surface area contributed by atoms with E-state index in [-0.39, 0.29) is 18.1 Å². The third-order valence-electron chi connectivity index (χ3n) is 2.12. The second-order valence-corrected chi connectivity index (χ2v) is 5.91. The van der Waals surface area contributed by atoms with Crippen molar-refractivity contribution in [2.75, 3.05) is 25.2 Å². The Balaban J connectivity index is 2.39. The minimum Gasteiger partial charge on any atom is -0.320 e. The number of amides is 1. The molecule has 15 heavy (non-hydrogen) atoms. The fourth-order valence-electron chi connectivity index (χ4n) is 1.27. The largest absolute Gasteiger partial charge is 0.320 e. The van der Waals surface area contributed by atoms with Crippen LogP contribution >= 0.6 is 0 Å². The summed E-state index contributed by atoms with van der Waals surface area (Å²) in [4.78, 5) is 16.6. The lowest BCUT2D eigenvalue weighted by atomic mass is 10.2. The highest BCUT2D eigenvalue weighted by molar-refractivity contribution is 7.90. The van der Waals surface area contributed by atoms with Crippen LogP contribution in [-0.4, -0.2) is 50.6 Å². The molecule has 1 heterocycles. The topological polar surface area (TPSA) is 89.7 Å². The maximum absolute atomic E-state index is 11.5. The first-order valence-electron chi connectivity index (χ1n) is 4.78. The molecule has 1 aliphatic rings. The van der Waals surface area contributed by atoms with E-state index in [4.69, 9.17) is 10.6 Å². The first-order valence-corrected chi connectivity index (χ1v) is 6.84. The van der Waals surface area contributed by atoms with Gasteiger partial charge in [0.05, 0.1) is 24.9 Å². The molecule has 7 heteroatoms. The summed E-state index contributed by atoms with van der Waals surface area (Å²) in [6.45, 7) is 1.05. The fraction of sp³-hybridized carbons (Fsp3) is 0.875. The Hall–Kier alpha value is -0.660. The van der Waals surface area contributed by atoms with Crippen LogP contribution in [0, 0.1) is 0 Å². The highest BCUT2D eigenvalue weighted by Gasteiger charge is 2.25. The van der Waals surface area contributed by atoms with Crippen LogP contribution in [0.4, 0.5) is 0 Å². The van der Waals surface area contributed by atoms with Crippen molar-refractivity contribution >= 4 is 15.7 Å². The van der Waals surface area contributed by atoms with Crippen LogP contribution in [0.15, 0.2) is 0 Å². The molecular weight excluding hydrogens is 220 g/mol. The van der Waals surface area contributed by atoms with Crippen molar-refractivity contribution in [3.8, 4) is 0 Å². The van der Waals surface area contributed by atoms with Crippen LogP contribution in [0.2, 0.25) is 0 Å². The van der Waals surface area contributed by atoms with Gasteiger partial charge in [-0.2, -0.15) is 0 Å². The molecule has 2 N–H and O–H groups in total. The summed E-state index contributed by atoms with van der Waals surface area (Å²) in [5, 5.41) is 1.22. The van der Waals surface area contributed by atoms with Gasteiger partial charge in [-0.1, -0.05) is 0 Å². The minimum atomic E-state index is -3.07. The highest BCUT2D eigenvalue weighted by atomic mass is 32.2. The van der Waals surface area contributed by atoms with Crippen molar-refractivity contribution in [2.45, 2.75) is 18.9 Å². The third kappa shape index (κ3) is 4.15. The Labute approximate surface area is 89.2 Å². The summed E-state index contributed by atoms with van der Waals surface area (Å²) in [5.41, 5.74) is 5.57. The van der Waals surface area contributed by atoms with Crippen LogP contribution in [0.25, 0.3) is 0 Å². The minimum absolute atomic E-state index is 0.0756. The van der Waals surface area contributed by atoms with Gasteiger partial charge >= 0.3 is 0 Å². The number of carbonyl (C=O) groups excluding carboxylic acids is 1. The molecule has 0 bridgehead atoms. The number of rotatable bonds is 4. The second-order valence-electron chi connectivity index (χ2n) is 3.65. The molecule has 1 amide bonds. The summed E-state index contributed by atoms with van der Waals surface area (Å²) < 4.78 is 21.7. The fourth-order valence-corrected chi connectivity index (χ4v) is 1.95. The van der Waals surface area contributed by atoms with Crippen LogP contribution < -0.4 is 5.73 Å². The molecule has 0 aliphatic carbocycles. The molecule has 1 unspecified atom stereocenters. The van der Waals surface area contributed by atoms with Crippen molar-refractivity contribution in [3.05, 3.63) is 0 Å². The molecule has 0 saturated carbocycles. The van der Waals surface area contributed by atoms with Gasteiger partial charge in [-0.15, -0.1) is 0 Å². The van der Waals surface area contributed by atoms with E-state index in [9.17, 15) is 13.2 Å². The molecule has 0 spiro atoms. The molecule has 1 aliphatic heterocycles. The van der Waals surface area contributed by atoms with E-state index >= 15 is 0 Å². The Morgan fingerprint density at radius 1 is 1.60 bits per heavy atom. The Kier molecular flexibility index (Phi) is 4.06. The standard InChI is InChI=1S/C8H16N2O4S/c1-15(12,13)6-3-7(9)8(11)10-4-2-5-14-10/h7H,2-6,9H2,1H3. The van der Waals surface area contributed by atoms with E-state index in [0.717, 1.165) is 12.7 Å². The summed E-state index contributed by atoms with van der Waals surface area (Å²) in [5.74, 6) is -0.413. The number of nitrogens with two attached hydrogens (primary N) is 1. The number of sulfone groups is 1. The number of carbonyl (C=O) groups is 1. The van der Waals surface area contributed by atoms with Crippen molar-refractivity contribution in [3.63, 3.8) is 0 Å². The first-order chi connectivity index (χ1) is 6.90. The highest BCUT2D eigenvalue weighted by Crippen LogP contribution is 2.07. The van der Waals surface area contributed by atoms with Crippen LogP contribution in [0.5, 0.6) is 0 Å². The number of hydrogen-bond acceptors (Lipinski definition) is 5. The molecule has 0 aromatic carbocycles. The molecule has 0 radical (unpaired) electrons. The zero-order chi connectivity index (χ0) is 11.5. The van der Waals surface area contributed by atoms with Crippen LogP contribution in [0.3, 0.4) is 0 Å². The molecule has 0 aromatic heterocycles. The summed E-state index contributed by atoms with van der Waals surface area (Å²) >= 11 is 0. The monoisotopic (exact) mass is 236 g/mol. The number of hydroxylamine groups is 2. The summed E-state index contributed by atoms with van der Waals surface area (Å²) in [6, 6.07) is -0.794. The van der Waals surface area contributed by atoms with Gasteiger partial charge in [0.1, 0.15) is 9.84 Å². The van der Waals surface area contributed by atoms with E-state index in [1.807, 2.05) is 0 Å². The molecule has 1 atom stereocenters. The second kappa shape index (κ2) is 4.91. The van der Waals surface area contributed by atoms with E-state index in [0.29, 0.717) is 13.2 Å². The molecular formula is C8H16N2O4S. The quantitative estimate of drug-likeness (QED) is 0.670. The molecule has 1 rings (SSSR count). The van der Waals surface area contributed by atoms with Crippen LogP contribution in [-0.2, 0) is 19.5 Å². The SMILES string of the molecule is CS(=O)(=O)CCC(N)C(=O)N1CCCO1. The van der Waals surface area contributed by atoms with Gasteiger partial charge in [0, 0.05) is 6.26 Å². The van der Waals surface area contributed by atoms with Gasteiger partial charge < -0.3 is 5.73 Å². The molecule has 1 fully saturated rings. The maximum Gasteiger partial charge on any atom is 0.263 e. The smallest absolute Gasteiger partial charge is 0.263 e. The van der Waals surface area contributed by atoms with Gasteiger partial charge in [-0.25, -0.2) is 13.5 Å². The normalized spacial score (nSPS) is 19.2. The zero-order valence-corrected chi connectivity index (χ0v) is 9.50. The maximum atomic E-state index is 11.5. The first kappa shape index (κ1) is 12.4. The van der Waals surface area contributed by atoms with E-state index in [2.05, 4.69) is 0 Å². The Morgan fingerprint density at radius 2 is 2.27 bits per heavy atom. The Bertz CT molecular complexity index is 322. The average Bonchev–Trinajstić information content (AvgIpc) is 2.64. The predicted octanol–water partition coefficient (Wildman–Crippen LogP) is -1.09. The van der Waals surface area contributed by atoms with Gasteiger partial charge in [0.25, 0.3) is 5.91 Å². The van der Waals surface area contributed by atoms with Crippen molar-refractivity contribution in [1.29, 1.82) is 0 Å². The average molecular weight is 236 g/mol. The molecule has 1 saturated heterocycles. The summed E-state index contributed by atoms with van der Waals surface area (Å²) in [6.07, 6.45) is 2.05. The predicted molar refractivity (Wildman–Crippen MR) is 54.6 cm³/mol. The number of nitrogens with zero attached hydrogens (tertiary/aromatic N) is 1. The van der Waals surface area contributed by atoms with Crippen molar-refractivity contribution in [1.82, 2.24) is 5.06 Å². The molecule has 6 nitrogen and oxygen atoms in total. The van der Waals surface area contributed by atoms with Gasteiger partial charge in [-0.05, 0) is 12.8 Å². The zero-order valence-electron chi connectivity index (χ0n) is 8.68. The lowest BCUT2D eigenvalue weighted by molar-refractivity contribution is -0.170. The van der Waals surface area contributed by atoms with Crippen molar-refractivity contribution < 1.29 is 18.0 Å². The van der Waals surface area contributed by atoms with E-state index in [1.165, 1.54) is 5.06 Å². The molecule has 88 valence electrons. The van der Waals surface area contributed by atoms with Crippen molar-refractivity contribution in [2.24, 2.45) is 5.73 Å². The number of hydrogen-bond donors (Lipinski definition) is 1. The summed E-state index contributed by atoms with van der Waals surface area (Å²) in [7, 11) is -3.07. The van der Waals surface area contributed by atoms with E-state index in [1.54, 1.807) is 0 Å². The van der Waals surface area contributed by atoms with E-state index < -0.39 is 15.9 Å².